The molecule has 45 heavy (non-hydrogen) atoms. The Morgan fingerprint density at radius 3 is 2.62 bits per heavy atom. The van der Waals surface area contributed by atoms with Gasteiger partial charge in [-0.3, -0.25) is 14.7 Å². The molecule has 5 heterocycles. The Morgan fingerprint density at radius 1 is 1.07 bits per heavy atom. The van der Waals surface area contributed by atoms with Crippen molar-refractivity contribution in [2.24, 2.45) is 0 Å². The van der Waals surface area contributed by atoms with E-state index in [1.54, 1.807) is 29.4 Å². The number of likely N-dealkylation sites (N-methyl/N-ethyl adjacent to an activating group) is 1. The molecule has 3 aliphatic rings. The van der Waals surface area contributed by atoms with Gasteiger partial charge in [0.05, 0.1) is 29.3 Å². The van der Waals surface area contributed by atoms with Gasteiger partial charge in [0.2, 0.25) is 5.91 Å². The van der Waals surface area contributed by atoms with Gasteiger partial charge in [0.15, 0.2) is 0 Å². The van der Waals surface area contributed by atoms with Gasteiger partial charge in [-0.1, -0.05) is 19.1 Å². The fraction of sp³-hybridized carbons (Fsp3) is 0.441. The number of aromatic amines is 1. The normalized spacial score (nSPS) is 19.6. The molecule has 0 bridgehead atoms. The first kappa shape index (κ1) is 29.7. The highest BCUT2D eigenvalue weighted by atomic mass is 19.4. The van der Waals surface area contributed by atoms with Gasteiger partial charge in [-0.15, -0.1) is 0 Å². The number of pyridine rings is 2. The molecule has 1 N–H and O–H groups in total. The molecule has 4 aromatic rings. The van der Waals surface area contributed by atoms with E-state index in [1.807, 2.05) is 26.1 Å². The fourth-order valence-electron chi connectivity index (χ4n) is 6.52. The van der Waals surface area contributed by atoms with Crippen LogP contribution >= 0.6 is 0 Å². The highest BCUT2D eigenvalue weighted by Gasteiger charge is 2.35. The molecule has 0 spiro atoms. The van der Waals surface area contributed by atoms with Crippen LogP contribution in [0.25, 0.3) is 11.0 Å². The van der Waals surface area contributed by atoms with Gasteiger partial charge in [0.1, 0.15) is 17.1 Å². The number of benzene rings is 1. The third kappa shape index (κ3) is 6.41. The van der Waals surface area contributed by atoms with Gasteiger partial charge in [0, 0.05) is 63.6 Å². The van der Waals surface area contributed by atoms with Crippen LogP contribution in [-0.2, 0) is 30.5 Å². The quantitative estimate of drug-likeness (QED) is 0.271. The van der Waals surface area contributed by atoms with Crippen LogP contribution in [0.4, 0.5) is 13.2 Å². The van der Waals surface area contributed by atoms with E-state index in [1.165, 1.54) is 18.5 Å². The van der Waals surface area contributed by atoms with Crippen molar-refractivity contribution in [2.75, 3.05) is 39.8 Å². The zero-order valence-electron chi connectivity index (χ0n) is 25.5. The molecule has 0 radical (unpaired) electrons. The summed E-state index contributed by atoms with van der Waals surface area (Å²) in [6.07, 6.45) is 1.17. The number of hydrogen-bond acceptors (Lipinski definition) is 6. The average molecular weight is 619 g/mol. The van der Waals surface area contributed by atoms with Crippen molar-refractivity contribution in [3.63, 3.8) is 0 Å². The number of amides is 1. The maximum atomic E-state index is 14.1. The molecule has 1 atom stereocenters. The number of ether oxygens (including phenoxy) is 1. The fourth-order valence-corrected chi connectivity index (χ4v) is 6.52. The van der Waals surface area contributed by atoms with Gasteiger partial charge in [0.25, 0.3) is 0 Å². The first-order valence-electron chi connectivity index (χ1n) is 15.6. The van der Waals surface area contributed by atoms with Crippen LogP contribution in [0.5, 0.6) is 11.5 Å². The Morgan fingerprint density at radius 2 is 1.87 bits per heavy atom. The number of hydrogen-bond donors (Lipinski definition) is 1. The summed E-state index contributed by atoms with van der Waals surface area (Å²) in [7, 11) is 2.02. The number of carbonyl (C=O) groups excluding carboxylic acids is 1. The van der Waals surface area contributed by atoms with Crippen LogP contribution in [0, 0.1) is 0 Å². The summed E-state index contributed by atoms with van der Waals surface area (Å²) in [5.41, 5.74) is 3.68. The number of halogens is 3. The SMILES string of the molecule is C[C@@H]1CN(C(=O)Cc2ccc(CN3CCN(C)CC3)c(C(F)(F)F)c2)Cc2cc(Oc3ccnc4[nH]c(C5CC5)cc34)cnc21. The largest absolute Gasteiger partial charge is 0.455 e. The Labute approximate surface area is 260 Å². The topological polar surface area (TPSA) is 77.6 Å². The number of piperazine rings is 1. The van der Waals surface area contributed by atoms with E-state index < -0.39 is 11.7 Å². The van der Waals surface area contributed by atoms with E-state index in [0.29, 0.717) is 36.1 Å². The highest BCUT2D eigenvalue weighted by Crippen LogP contribution is 2.42. The molecular formula is C34H37F3N6O2. The second kappa shape index (κ2) is 11.8. The predicted molar refractivity (Wildman–Crippen MR) is 164 cm³/mol. The number of nitrogens with zero attached hydrogens (tertiary/aromatic N) is 5. The monoisotopic (exact) mass is 618 g/mol. The molecule has 1 aromatic carbocycles. The van der Waals surface area contributed by atoms with Gasteiger partial charge in [-0.25, -0.2) is 4.98 Å². The van der Waals surface area contributed by atoms with Crippen molar-refractivity contribution in [3.05, 3.63) is 82.4 Å². The maximum absolute atomic E-state index is 14.1. The number of alkyl halides is 3. The minimum Gasteiger partial charge on any atom is -0.455 e. The summed E-state index contributed by atoms with van der Waals surface area (Å²) >= 11 is 0. The average Bonchev–Trinajstić information content (AvgIpc) is 3.76. The Kier molecular flexibility index (Phi) is 7.77. The van der Waals surface area contributed by atoms with Crippen LogP contribution in [0.3, 0.4) is 0 Å². The summed E-state index contributed by atoms with van der Waals surface area (Å²) in [5, 5.41) is 0.912. The van der Waals surface area contributed by atoms with Crippen molar-refractivity contribution in [1.82, 2.24) is 29.7 Å². The summed E-state index contributed by atoms with van der Waals surface area (Å²) in [5.74, 6) is 1.56. The van der Waals surface area contributed by atoms with Gasteiger partial charge < -0.3 is 19.5 Å². The number of nitrogens with one attached hydrogen (secondary N) is 1. The van der Waals surface area contributed by atoms with Crippen molar-refractivity contribution >= 4 is 16.9 Å². The number of rotatable bonds is 7. The lowest BCUT2D eigenvalue weighted by Crippen LogP contribution is -2.44. The zero-order valence-corrected chi connectivity index (χ0v) is 25.5. The summed E-state index contributed by atoms with van der Waals surface area (Å²) in [4.78, 5) is 31.9. The molecule has 1 aliphatic carbocycles. The van der Waals surface area contributed by atoms with E-state index >= 15 is 0 Å². The van der Waals surface area contributed by atoms with Crippen LogP contribution in [0.1, 0.15) is 65.2 Å². The standard InChI is InChI=1S/C34H37F3N6O2/c1-21-18-43(31(44)14-22-3-4-24(28(13-22)34(35,36)37)19-42-11-9-41(2)10-12-42)20-25-15-26(17-39-32(21)25)45-30-7-8-38-33-27(30)16-29(40-33)23-5-6-23/h3-4,7-8,13,15-17,21,23H,5-6,9-12,14,18-20H2,1-2H3,(H,38,40)/t21-/m1/s1. The van der Waals surface area contributed by atoms with E-state index in [2.05, 4.69) is 30.8 Å². The zero-order chi connectivity index (χ0) is 31.3. The van der Waals surface area contributed by atoms with E-state index in [-0.39, 0.29) is 30.4 Å². The predicted octanol–water partition coefficient (Wildman–Crippen LogP) is 6.08. The number of aromatic nitrogens is 3. The second-order valence-electron chi connectivity index (χ2n) is 12.8. The van der Waals surface area contributed by atoms with Crippen LogP contribution in [0.15, 0.2) is 48.8 Å². The lowest BCUT2D eigenvalue weighted by Gasteiger charge is -2.33. The second-order valence-corrected chi connectivity index (χ2v) is 12.8. The molecule has 1 saturated carbocycles. The molecule has 2 aliphatic heterocycles. The first-order chi connectivity index (χ1) is 21.6. The van der Waals surface area contributed by atoms with Crippen LogP contribution in [0.2, 0.25) is 0 Å². The Hall–Kier alpha value is -3.96. The molecule has 8 nitrogen and oxygen atoms in total. The molecule has 236 valence electrons. The first-order valence-corrected chi connectivity index (χ1v) is 15.6. The minimum absolute atomic E-state index is 0.0261. The van der Waals surface area contributed by atoms with Crippen molar-refractivity contribution < 1.29 is 22.7 Å². The van der Waals surface area contributed by atoms with Crippen molar-refractivity contribution in [2.45, 2.75) is 57.3 Å². The lowest BCUT2D eigenvalue weighted by molar-refractivity contribution is -0.138. The number of H-pyrrole nitrogens is 1. The van der Waals surface area contributed by atoms with Crippen molar-refractivity contribution in [3.8, 4) is 11.5 Å². The third-order valence-corrected chi connectivity index (χ3v) is 9.23. The molecule has 1 amide bonds. The summed E-state index contributed by atoms with van der Waals surface area (Å²) in [6, 6.07) is 10.2. The molecular weight excluding hydrogens is 581 g/mol. The third-order valence-electron chi connectivity index (χ3n) is 9.23. The number of fused-ring (bicyclic) bond motifs is 2. The Balaban J connectivity index is 1.06. The van der Waals surface area contributed by atoms with Gasteiger partial charge >= 0.3 is 6.18 Å². The molecule has 3 aromatic heterocycles. The molecule has 7 rings (SSSR count). The van der Waals surface area contributed by atoms with Crippen LogP contribution in [-0.4, -0.2) is 75.3 Å². The summed E-state index contributed by atoms with van der Waals surface area (Å²) in [6.45, 7) is 6.13. The molecule has 0 unspecified atom stereocenters. The van der Waals surface area contributed by atoms with E-state index in [9.17, 15) is 18.0 Å². The lowest BCUT2D eigenvalue weighted by atomic mass is 9.95. The maximum Gasteiger partial charge on any atom is 0.416 e. The Bertz CT molecular complexity index is 1720. The van der Waals surface area contributed by atoms with E-state index in [0.717, 1.165) is 54.5 Å². The van der Waals surface area contributed by atoms with Crippen molar-refractivity contribution in [1.29, 1.82) is 0 Å². The number of carbonyl (C=O) groups is 1. The highest BCUT2D eigenvalue weighted by molar-refractivity contribution is 5.84. The molecule has 1 saturated heterocycles. The van der Waals surface area contributed by atoms with Crippen LogP contribution < -0.4 is 4.74 Å². The molecule has 2 fully saturated rings. The molecule has 11 heteroatoms. The van der Waals surface area contributed by atoms with E-state index in [4.69, 9.17) is 4.74 Å². The summed E-state index contributed by atoms with van der Waals surface area (Å²) < 4.78 is 48.7. The van der Waals surface area contributed by atoms with Gasteiger partial charge in [-0.2, -0.15) is 13.2 Å². The minimum atomic E-state index is -4.50. The smallest absolute Gasteiger partial charge is 0.416 e. The van der Waals surface area contributed by atoms with Gasteiger partial charge in [-0.05, 0) is 66.8 Å².